The van der Waals surface area contributed by atoms with Crippen LogP contribution in [0.2, 0.25) is 0 Å². The van der Waals surface area contributed by atoms with Gasteiger partial charge in [0.25, 0.3) is 5.91 Å². The van der Waals surface area contributed by atoms with E-state index in [2.05, 4.69) is 20.7 Å². The van der Waals surface area contributed by atoms with Crippen molar-refractivity contribution in [2.45, 2.75) is 26.2 Å². The number of anilines is 1. The number of hydrogen-bond donors (Lipinski definition) is 3. The standard InChI is InChI=1S/C14H19N5OS/c1-9(2)12-5-10(6-13(18-12)19-15)14(20)16-4-3-11-7-21-8-17-11/h5-9H,3-4,15H2,1-2H3,(H,16,20)(H,18,19). The highest BCUT2D eigenvalue weighted by Gasteiger charge is 2.11. The first-order chi connectivity index (χ1) is 10.1. The molecular weight excluding hydrogens is 286 g/mol. The normalized spacial score (nSPS) is 10.7. The Kier molecular flexibility index (Phi) is 5.24. The summed E-state index contributed by atoms with van der Waals surface area (Å²) in [6.07, 6.45) is 0.722. The van der Waals surface area contributed by atoms with Crippen LogP contribution in [0.3, 0.4) is 0 Å². The Morgan fingerprint density at radius 3 is 2.86 bits per heavy atom. The van der Waals surface area contributed by atoms with E-state index in [9.17, 15) is 4.79 Å². The highest BCUT2D eigenvalue weighted by Crippen LogP contribution is 2.17. The molecule has 0 bridgehead atoms. The first-order valence-corrected chi connectivity index (χ1v) is 7.68. The fraction of sp³-hybridized carbons (Fsp3) is 0.357. The minimum atomic E-state index is -0.133. The summed E-state index contributed by atoms with van der Waals surface area (Å²) in [6, 6.07) is 3.44. The maximum Gasteiger partial charge on any atom is 0.251 e. The van der Waals surface area contributed by atoms with Crippen molar-refractivity contribution < 1.29 is 4.79 Å². The molecule has 2 heterocycles. The van der Waals surface area contributed by atoms with E-state index >= 15 is 0 Å². The second-order valence-corrected chi connectivity index (χ2v) is 5.67. The van der Waals surface area contributed by atoms with Crippen molar-refractivity contribution in [3.63, 3.8) is 0 Å². The Hall–Kier alpha value is -1.99. The molecule has 7 heteroatoms. The Balaban J connectivity index is 2.02. The van der Waals surface area contributed by atoms with Crippen LogP contribution in [0.4, 0.5) is 5.82 Å². The summed E-state index contributed by atoms with van der Waals surface area (Å²) >= 11 is 1.55. The van der Waals surface area contributed by atoms with Gasteiger partial charge in [0.15, 0.2) is 0 Å². The number of hydrogen-bond acceptors (Lipinski definition) is 6. The van der Waals surface area contributed by atoms with Gasteiger partial charge in [0.2, 0.25) is 0 Å². The van der Waals surface area contributed by atoms with Crippen LogP contribution in [-0.4, -0.2) is 22.4 Å². The topological polar surface area (TPSA) is 92.9 Å². The van der Waals surface area contributed by atoms with E-state index in [1.807, 2.05) is 19.2 Å². The number of aromatic nitrogens is 2. The maximum atomic E-state index is 12.2. The smallest absolute Gasteiger partial charge is 0.251 e. The molecule has 6 nitrogen and oxygen atoms in total. The molecular formula is C14H19N5OS. The van der Waals surface area contributed by atoms with Crippen molar-refractivity contribution in [2.75, 3.05) is 12.0 Å². The molecule has 21 heavy (non-hydrogen) atoms. The number of nitrogens with two attached hydrogens (primary N) is 1. The lowest BCUT2D eigenvalue weighted by Gasteiger charge is -2.11. The van der Waals surface area contributed by atoms with E-state index in [0.29, 0.717) is 17.9 Å². The molecule has 2 rings (SSSR count). The molecule has 0 unspecified atom stereocenters. The average molecular weight is 305 g/mol. The lowest BCUT2D eigenvalue weighted by atomic mass is 10.1. The third-order valence-corrected chi connectivity index (χ3v) is 3.63. The van der Waals surface area contributed by atoms with E-state index in [4.69, 9.17) is 5.84 Å². The average Bonchev–Trinajstić information content (AvgIpc) is 2.99. The molecule has 2 aromatic heterocycles. The highest BCUT2D eigenvalue weighted by atomic mass is 32.1. The summed E-state index contributed by atoms with van der Waals surface area (Å²) in [7, 11) is 0. The molecule has 0 aromatic carbocycles. The molecule has 0 spiro atoms. The lowest BCUT2D eigenvalue weighted by Crippen LogP contribution is -2.26. The number of thiazole rings is 1. The van der Waals surface area contributed by atoms with Crippen molar-refractivity contribution in [3.05, 3.63) is 40.0 Å². The molecule has 112 valence electrons. The Labute approximate surface area is 127 Å². The quantitative estimate of drug-likeness (QED) is 0.560. The zero-order valence-electron chi connectivity index (χ0n) is 12.1. The number of pyridine rings is 1. The predicted molar refractivity (Wildman–Crippen MR) is 84.3 cm³/mol. The lowest BCUT2D eigenvalue weighted by molar-refractivity contribution is 0.0954. The summed E-state index contributed by atoms with van der Waals surface area (Å²) in [5.74, 6) is 5.98. The molecule has 0 aliphatic carbocycles. The number of carbonyl (C=O) groups is 1. The molecule has 0 aliphatic rings. The summed E-state index contributed by atoms with van der Waals surface area (Å²) in [5, 5.41) is 4.86. The molecule has 0 saturated carbocycles. The van der Waals surface area contributed by atoms with Crippen LogP contribution in [0.1, 0.15) is 41.5 Å². The van der Waals surface area contributed by atoms with Gasteiger partial charge in [0, 0.05) is 29.6 Å². The van der Waals surface area contributed by atoms with Crippen molar-refractivity contribution in [3.8, 4) is 0 Å². The summed E-state index contributed by atoms with van der Waals surface area (Å²) in [5.41, 5.74) is 6.65. The van der Waals surface area contributed by atoms with Crippen molar-refractivity contribution >= 4 is 23.1 Å². The summed E-state index contributed by atoms with van der Waals surface area (Å²) in [4.78, 5) is 20.7. The van der Waals surface area contributed by atoms with Crippen LogP contribution in [0, 0.1) is 0 Å². The van der Waals surface area contributed by atoms with Gasteiger partial charge in [0.1, 0.15) is 5.82 Å². The van der Waals surface area contributed by atoms with E-state index in [-0.39, 0.29) is 11.8 Å². The van der Waals surface area contributed by atoms with Crippen molar-refractivity contribution in [1.82, 2.24) is 15.3 Å². The minimum Gasteiger partial charge on any atom is -0.352 e. The van der Waals surface area contributed by atoms with Crippen molar-refractivity contribution in [2.24, 2.45) is 5.84 Å². The second kappa shape index (κ2) is 7.14. The van der Waals surface area contributed by atoms with Crippen LogP contribution in [0.5, 0.6) is 0 Å². The van der Waals surface area contributed by atoms with Crippen LogP contribution in [0.25, 0.3) is 0 Å². The van der Waals surface area contributed by atoms with Gasteiger partial charge in [-0.3, -0.25) is 4.79 Å². The van der Waals surface area contributed by atoms with Gasteiger partial charge in [-0.05, 0) is 18.1 Å². The fourth-order valence-corrected chi connectivity index (χ4v) is 2.41. The Morgan fingerprint density at radius 2 is 2.24 bits per heavy atom. The van der Waals surface area contributed by atoms with Gasteiger partial charge in [-0.25, -0.2) is 15.8 Å². The van der Waals surface area contributed by atoms with Gasteiger partial charge >= 0.3 is 0 Å². The first-order valence-electron chi connectivity index (χ1n) is 6.74. The van der Waals surface area contributed by atoms with Gasteiger partial charge in [-0.15, -0.1) is 11.3 Å². The number of hydrazine groups is 1. The number of nitrogens with zero attached hydrogens (tertiary/aromatic N) is 2. The molecule has 0 radical (unpaired) electrons. The van der Waals surface area contributed by atoms with Crippen LogP contribution < -0.4 is 16.6 Å². The zero-order valence-corrected chi connectivity index (χ0v) is 12.9. The highest BCUT2D eigenvalue weighted by molar-refractivity contribution is 7.07. The maximum absolute atomic E-state index is 12.2. The van der Waals surface area contributed by atoms with Gasteiger partial charge < -0.3 is 10.7 Å². The molecule has 1 amide bonds. The molecule has 0 atom stereocenters. The monoisotopic (exact) mass is 305 g/mol. The number of carbonyl (C=O) groups excluding carboxylic acids is 1. The Bertz CT molecular complexity index is 597. The number of nitrogens with one attached hydrogen (secondary N) is 2. The second-order valence-electron chi connectivity index (χ2n) is 4.95. The third-order valence-electron chi connectivity index (χ3n) is 3.00. The van der Waals surface area contributed by atoms with Gasteiger partial charge in [0.05, 0.1) is 11.2 Å². The van der Waals surface area contributed by atoms with Crippen LogP contribution in [0.15, 0.2) is 23.0 Å². The molecule has 0 fully saturated rings. The number of amides is 1. The SMILES string of the molecule is CC(C)c1cc(C(=O)NCCc2cscn2)cc(NN)n1. The Morgan fingerprint density at radius 1 is 1.43 bits per heavy atom. The fourth-order valence-electron chi connectivity index (χ4n) is 1.82. The summed E-state index contributed by atoms with van der Waals surface area (Å²) in [6.45, 7) is 4.59. The largest absolute Gasteiger partial charge is 0.352 e. The van der Waals surface area contributed by atoms with Crippen LogP contribution >= 0.6 is 11.3 Å². The third kappa shape index (κ3) is 4.24. The predicted octanol–water partition coefficient (Wildman–Crippen LogP) is 1.92. The first kappa shape index (κ1) is 15.4. The van der Waals surface area contributed by atoms with E-state index in [1.165, 1.54) is 0 Å². The number of nitrogen functional groups attached to an aromatic ring is 1. The molecule has 2 aromatic rings. The van der Waals surface area contributed by atoms with E-state index < -0.39 is 0 Å². The summed E-state index contributed by atoms with van der Waals surface area (Å²) < 4.78 is 0. The van der Waals surface area contributed by atoms with E-state index in [1.54, 1.807) is 29.0 Å². The van der Waals surface area contributed by atoms with Crippen LogP contribution in [-0.2, 0) is 6.42 Å². The van der Waals surface area contributed by atoms with Gasteiger partial charge in [-0.1, -0.05) is 13.8 Å². The number of rotatable bonds is 6. The van der Waals surface area contributed by atoms with Gasteiger partial charge in [-0.2, -0.15) is 0 Å². The molecule has 0 saturated heterocycles. The van der Waals surface area contributed by atoms with Crippen molar-refractivity contribution in [1.29, 1.82) is 0 Å². The minimum absolute atomic E-state index is 0.133. The molecule has 4 N–H and O–H groups in total. The zero-order chi connectivity index (χ0) is 15.2. The van der Waals surface area contributed by atoms with E-state index in [0.717, 1.165) is 17.8 Å². The molecule has 0 aliphatic heterocycles.